The molecule has 0 spiro atoms. The van der Waals surface area contributed by atoms with Crippen LogP contribution in [0.25, 0.3) is 0 Å². The van der Waals surface area contributed by atoms with Gasteiger partial charge in [0, 0.05) is 38.5 Å². The van der Waals surface area contributed by atoms with Crippen LogP contribution >= 0.6 is 0 Å². The first kappa shape index (κ1) is 12.9. The highest BCUT2D eigenvalue weighted by Crippen LogP contribution is 2.32. The van der Waals surface area contributed by atoms with Gasteiger partial charge in [0.15, 0.2) is 0 Å². The Morgan fingerprint density at radius 1 is 1.05 bits per heavy atom. The van der Waals surface area contributed by atoms with Gasteiger partial charge in [-0.25, -0.2) is 0 Å². The zero-order chi connectivity index (χ0) is 13.2. The van der Waals surface area contributed by atoms with Crippen LogP contribution in [0.5, 0.6) is 0 Å². The molecule has 3 rings (SSSR count). The van der Waals surface area contributed by atoms with Gasteiger partial charge in [-0.2, -0.15) is 0 Å². The van der Waals surface area contributed by atoms with E-state index in [-0.39, 0.29) is 0 Å². The number of piperidine rings is 2. The number of hydrogen-bond donors (Lipinski definition) is 0. The number of nitrogens with zero attached hydrogens (tertiary/aromatic N) is 2. The fraction of sp³-hybridized carbons (Fsp3) is 0.867. The van der Waals surface area contributed by atoms with E-state index in [4.69, 9.17) is 0 Å². The molecule has 2 amide bonds. The third-order valence-corrected chi connectivity index (χ3v) is 4.75. The van der Waals surface area contributed by atoms with Crippen molar-refractivity contribution in [3.8, 4) is 0 Å². The Balaban J connectivity index is 1.44. The molecule has 0 unspecified atom stereocenters. The molecule has 2 aliphatic heterocycles. The van der Waals surface area contributed by atoms with Gasteiger partial charge in [-0.05, 0) is 44.4 Å². The number of rotatable bonds is 3. The smallest absolute Gasteiger partial charge is 0.225 e. The maximum atomic E-state index is 12.0. The first-order valence-corrected chi connectivity index (χ1v) is 7.80. The second-order valence-corrected chi connectivity index (χ2v) is 6.34. The topological polar surface area (TPSA) is 40.6 Å². The van der Waals surface area contributed by atoms with Crippen molar-refractivity contribution in [1.82, 2.24) is 9.80 Å². The largest absolute Gasteiger partial charge is 0.342 e. The summed E-state index contributed by atoms with van der Waals surface area (Å²) in [6.07, 6.45) is 7.29. The molecule has 4 nitrogen and oxygen atoms in total. The summed E-state index contributed by atoms with van der Waals surface area (Å²) >= 11 is 0. The summed E-state index contributed by atoms with van der Waals surface area (Å²) in [5.41, 5.74) is 0. The molecule has 0 aromatic heterocycles. The monoisotopic (exact) mass is 264 g/mol. The second-order valence-electron chi connectivity index (χ2n) is 6.34. The highest BCUT2D eigenvalue weighted by Gasteiger charge is 2.35. The molecule has 0 N–H and O–H groups in total. The molecule has 2 heterocycles. The highest BCUT2D eigenvalue weighted by molar-refractivity contribution is 5.81. The normalized spacial score (nSPS) is 25.8. The molecule has 4 heteroatoms. The lowest BCUT2D eigenvalue weighted by Crippen LogP contribution is -2.44. The highest BCUT2D eigenvalue weighted by atomic mass is 16.2. The Morgan fingerprint density at radius 3 is 2.42 bits per heavy atom. The molecule has 3 fully saturated rings. The minimum absolute atomic E-state index is 0.336. The quantitative estimate of drug-likeness (QED) is 0.777. The number of carbonyl (C=O) groups excluding carboxylic acids is 2. The molecule has 19 heavy (non-hydrogen) atoms. The van der Waals surface area contributed by atoms with Gasteiger partial charge < -0.3 is 9.80 Å². The molecule has 3 aliphatic rings. The molecule has 1 aliphatic carbocycles. The van der Waals surface area contributed by atoms with Crippen molar-refractivity contribution in [2.45, 2.75) is 44.9 Å². The minimum atomic E-state index is 0.336. The standard InChI is InChI=1S/C15H24N2O2/c18-14-3-1-2-8-17(14)11-12-6-9-16(10-7-12)15(19)13-4-5-13/h12-13H,1-11H2. The Bertz CT molecular complexity index is 357. The van der Waals surface area contributed by atoms with Gasteiger partial charge in [0.25, 0.3) is 0 Å². The molecule has 0 aromatic rings. The lowest BCUT2D eigenvalue weighted by molar-refractivity contribution is -0.136. The third kappa shape index (κ3) is 3.10. The first-order chi connectivity index (χ1) is 9.24. The average Bonchev–Trinajstić information content (AvgIpc) is 3.26. The average molecular weight is 264 g/mol. The van der Waals surface area contributed by atoms with Crippen LogP contribution in [0.1, 0.15) is 44.9 Å². The fourth-order valence-corrected chi connectivity index (χ4v) is 3.29. The molecule has 2 saturated heterocycles. The van der Waals surface area contributed by atoms with Gasteiger partial charge in [-0.1, -0.05) is 0 Å². The van der Waals surface area contributed by atoms with Crippen LogP contribution in [0, 0.1) is 11.8 Å². The van der Waals surface area contributed by atoms with Crippen molar-refractivity contribution in [3.63, 3.8) is 0 Å². The van der Waals surface area contributed by atoms with E-state index in [2.05, 4.69) is 0 Å². The Kier molecular flexibility index (Phi) is 3.76. The maximum absolute atomic E-state index is 12.0. The summed E-state index contributed by atoms with van der Waals surface area (Å²) in [7, 11) is 0. The summed E-state index contributed by atoms with van der Waals surface area (Å²) in [5, 5.41) is 0. The van der Waals surface area contributed by atoms with Crippen LogP contribution in [0.3, 0.4) is 0 Å². The lowest BCUT2D eigenvalue weighted by Gasteiger charge is -2.36. The lowest BCUT2D eigenvalue weighted by atomic mass is 9.95. The van der Waals surface area contributed by atoms with Gasteiger partial charge in [0.05, 0.1) is 0 Å². The minimum Gasteiger partial charge on any atom is -0.342 e. The zero-order valence-corrected chi connectivity index (χ0v) is 11.6. The Labute approximate surface area is 115 Å². The van der Waals surface area contributed by atoms with Crippen LogP contribution in [-0.2, 0) is 9.59 Å². The number of likely N-dealkylation sites (tertiary alicyclic amines) is 2. The van der Waals surface area contributed by atoms with Crippen molar-refractivity contribution in [2.24, 2.45) is 11.8 Å². The predicted octanol–water partition coefficient (Wildman–Crippen LogP) is 1.65. The van der Waals surface area contributed by atoms with Crippen LogP contribution in [0.4, 0.5) is 0 Å². The van der Waals surface area contributed by atoms with Crippen molar-refractivity contribution in [1.29, 1.82) is 0 Å². The van der Waals surface area contributed by atoms with Crippen molar-refractivity contribution in [3.05, 3.63) is 0 Å². The zero-order valence-electron chi connectivity index (χ0n) is 11.6. The molecule has 1 saturated carbocycles. The third-order valence-electron chi connectivity index (χ3n) is 4.75. The summed E-state index contributed by atoms with van der Waals surface area (Å²) in [6, 6.07) is 0. The maximum Gasteiger partial charge on any atom is 0.225 e. The van der Waals surface area contributed by atoms with E-state index in [1.165, 1.54) is 0 Å². The van der Waals surface area contributed by atoms with Gasteiger partial charge in [-0.3, -0.25) is 9.59 Å². The van der Waals surface area contributed by atoms with Crippen molar-refractivity contribution >= 4 is 11.8 Å². The molecule has 106 valence electrons. The Morgan fingerprint density at radius 2 is 1.79 bits per heavy atom. The summed E-state index contributed by atoms with van der Waals surface area (Å²) in [4.78, 5) is 27.9. The fourth-order valence-electron chi connectivity index (χ4n) is 3.29. The number of hydrogen-bond acceptors (Lipinski definition) is 2. The SMILES string of the molecule is O=C1CCCCN1CC1CCN(C(=O)C2CC2)CC1. The van der Waals surface area contributed by atoms with Crippen LogP contribution < -0.4 is 0 Å². The number of carbonyl (C=O) groups is 2. The van der Waals surface area contributed by atoms with Crippen molar-refractivity contribution in [2.75, 3.05) is 26.2 Å². The van der Waals surface area contributed by atoms with Gasteiger partial charge in [0.1, 0.15) is 0 Å². The molecular weight excluding hydrogens is 240 g/mol. The molecule has 0 aromatic carbocycles. The summed E-state index contributed by atoms with van der Waals surface area (Å²) in [6.45, 7) is 3.68. The summed E-state index contributed by atoms with van der Waals surface area (Å²) in [5.74, 6) is 1.67. The molecule has 0 atom stereocenters. The predicted molar refractivity (Wildman–Crippen MR) is 72.5 cm³/mol. The van der Waals surface area contributed by atoms with E-state index < -0.39 is 0 Å². The van der Waals surface area contributed by atoms with Crippen LogP contribution in [0.2, 0.25) is 0 Å². The van der Waals surface area contributed by atoms with Crippen LogP contribution in [-0.4, -0.2) is 47.8 Å². The van der Waals surface area contributed by atoms with E-state index in [1.54, 1.807) is 0 Å². The summed E-state index contributed by atoms with van der Waals surface area (Å²) < 4.78 is 0. The molecule has 0 radical (unpaired) electrons. The second kappa shape index (κ2) is 5.51. The van der Waals surface area contributed by atoms with Gasteiger partial charge in [0.2, 0.25) is 11.8 Å². The van der Waals surface area contributed by atoms with E-state index in [9.17, 15) is 9.59 Å². The van der Waals surface area contributed by atoms with Crippen molar-refractivity contribution < 1.29 is 9.59 Å². The molecular formula is C15H24N2O2. The number of amides is 2. The Hall–Kier alpha value is -1.06. The molecule has 0 bridgehead atoms. The van der Waals surface area contributed by atoms with Gasteiger partial charge in [-0.15, -0.1) is 0 Å². The van der Waals surface area contributed by atoms with E-state index >= 15 is 0 Å². The van der Waals surface area contributed by atoms with E-state index in [0.717, 1.165) is 71.1 Å². The first-order valence-electron chi connectivity index (χ1n) is 7.80. The van der Waals surface area contributed by atoms with Gasteiger partial charge >= 0.3 is 0 Å². The van der Waals surface area contributed by atoms with Crippen LogP contribution in [0.15, 0.2) is 0 Å². The van der Waals surface area contributed by atoms with E-state index in [1.807, 2.05) is 9.80 Å². The van der Waals surface area contributed by atoms with E-state index in [0.29, 0.717) is 23.7 Å².